The summed E-state index contributed by atoms with van der Waals surface area (Å²) in [5.74, 6) is -1.30. The molecule has 10 heteroatoms. The number of anilines is 1. The second-order valence-corrected chi connectivity index (χ2v) is 7.82. The largest absolute Gasteiger partial charge is 0.444 e. The summed E-state index contributed by atoms with van der Waals surface area (Å²) < 4.78 is 5.90. The van der Waals surface area contributed by atoms with Crippen LogP contribution >= 0.6 is 27.7 Å². The van der Waals surface area contributed by atoms with E-state index in [0.29, 0.717) is 20.7 Å². The van der Waals surface area contributed by atoms with Gasteiger partial charge in [-0.2, -0.15) is 0 Å². The summed E-state index contributed by atoms with van der Waals surface area (Å²) in [6, 6.07) is 15.7. The molecular formula is C21H16BrN3O5S. The number of hydrogen-bond donors (Lipinski definition) is 1. The van der Waals surface area contributed by atoms with Crippen molar-refractivity contribution in [2.24, 2.45) is 0 Å². The maximum atomic E-state index is 13.0. The standard InChI is InChI=1S/C21H16BrN3O5S/c1-31-20-15(8-5-11-23-20)21(27)30-18(13-6-3-2-4-7-13)19(26)24-17-10-9-14(25(28)29)12-16(17)22/h2-12,18H,1H3,(H,24,26). The van der Waals surface area contributed by atoms with Crippen molar-refractivity contribution in [3.63, 3.8) is 0 Å². The minimum absolute atomic E-state index is 0.128. The van der Waals surface area contributed by atoms with Crippen LogP contribution in [0.4, 0.5) is 11.4 Å². The molecule has 31 heavy (non-hydrogen) atoms. The van der Waals surface area contributed by atoms with E-state index in [0.717, 1.165) is 0 Å². The molecule has 0 saturated heterocycles. The number of nitro groups is 1. The Hall–Kier alpha value is -3.24. The number of esters is 1. The number of amides is 1. The van der Waals surface area contributed by atoms with Gasteiger partial charge in [-0.1, -0.05) is 30.3 Å². The Balaban J connectivity index is 1.88. The smallest absolute Gasteiger partial charge is 0.342 e. The number of aromatic nitrogens is 1. The highest BCUT2D eigenvalue weighted by molar-refractivity contribution is 9.10. The lowest BCUT2D eigenvalue weighted by Crippen LogP contribution is -2.26. The molecule has 3 aromatic rings. The van der Waals surface area contributed by atoms with Crippen molar-refractivity contribution in [3.05, 3.63) is 92.6 Å². The Morgan fingerprint density at radius 3 is 2.55 bits per heavy atom. The number of non-ortho nitro benzene ring substituents is 1. The van der Waals surface area contributed by atoms with Crippen molar-refractivity contribution < 1.29 is 19.2 Å². The van der Waals surface area contributed by atoms with Crippen LogP contribution in [0.25, 0.3) is 0 Å². The van der Waals surface area contributed by atoms with Crippen LogP contribution in [0.2, 0.25) is 0 Å². The number of carbonyl (C=O) groups excluding carboxylic acids is 2. The molecule has 0 saturated carbocycles. The lowest BCUT2D eigenvalue weighted by atomic mass is 10.1. The molecule has 1 amide bonds. The third kappa shape index (κ3) is 5.47. The van der Waals surface area contributed by atoms with Crippen LogP contribution in [0.5, 0.6) is 0 Å². The zero-order valence-electron chi connectivity index (χ0n) is 16.2. The van der Waals surface area contributed by atoms with Gasteiger partial charge in [0.2, 0.25) is 6.10 Å². The lowest BCUT2D eigenvalue weighted by Gasteiger charge is -2.19. The first kappa shape index (κ1) is 22.4. The van der Waals surface area contributed by atoms with Gasteiger partial charge in [-0.25, -0.2) is 9.78 Å². The number of rotatable bonds is 7. The Labute approximate surface area is 190 Å². The minimum atomic E-state index is -1.24. The van der Waals surface area contributed by atoms with Gasteiger partial charge in [0.1, 0.15) is 5.03 Å². The molecule has 1 atom stereocenters. The van der Waals surface area contributed by atoms with E-state index < -0.39 is 22.9 Å². The third-order valence-corrected chi connectivity index (χ3v) is 5.54. The number of pyridine rings is 1. The molecule has 0 aliphatic carbocycles. The number of halogens is 1. The molecular weight excluding hydrogens is 486 g/mol. The lowest BCUT2D eigenvalue weighted by molar-refractivity contribution is -0.384. The second-order valence-electron chi connectivity index (χ2n) is 6.17. The number of nitrogens with zero attached hydrogens (tertiary/aromatic N) is 2. The van der Waals surface area contributed by atoms with Crippen LogP contribution in [-0.4, -0.2) is 28.0 Å². The first-order valence-corrected chi connectivity index (χ1v) is 10.9. The molecule has 8 nitrogen and oxygen atoms in total. The highest BCUT2D eigenvalue weighted by atomic mass is 79.9. The van der Waals surface area contributed by atoms with Gasteiger partial charge in [-0.3, -0.25) is 14.9 Å². The summed E-state index contributed by atoms with van der Waals surface area (Å²) in [6.07, 6.45) is 2.11. The highest BCUT2D eigenvalue weighted by Gasteiger charge is 2.27. The van der Waals surface area contributed by atoms with Gasteiger partial charge in [0.25, 0.3) is 11.6 Å². The van der Waals surface area contributed by atoms with Crippen LogP contribution in [0.3, 0.4) is 0 Å². The van der Waals surface area contributed by atoms with E-state index in [4.69, 9.17) is 4.74 Å². The maximum absolute atomic E-state index is 13.0. The first-order chi connectivity index (χ1) is 14.9. The van der Waals surface area contributed by atoms with E-state index in [1.54, 1.807) is 54.9 Å². The normalized spacial score (nSPS) is 11.4. The van der Waals surface area contributed by atoms with E-state index in [1.807, 2.05) is 0 Å². The molecule has 1 heterocycles. The number of nitrogens with one attached hydrogen (secondary N) is 1. The predicted molar refractivity (Wildman–Crippen MR) is 120 cm³/mol. The molecule has 0 radical (unpaired) electrons. The van der Waals surface area contributed by atoms with Gasteiger partial charge in [0.05, 0.1) is 16.2 Å². The van der Waals surface area contributed by atoms with Crippen LogP contribution < -0.4 is 5.32 Å². The van der Waals surface area contributed by atoms with Crippen molar-refractivity contribution in [1.29, 1.82) is 0 Å². The Bertz CT molecular complexity index is 1130. The molecule has 1 aromatic heterocycles. The van der Waals surface area contributed by atoms with Gasteiger partial charge in [-0.05, 0) is 40.4 Å². The fourth-order valence-corrected chi connectivity index (χ4v) is 3.70. The van der Waals surface area contributed by atoms with Crippen molar-refractivity contribution in [2.45, 2.75) is 11.1 Å². The SMILES string of the molecule is CSc1ncccc1C(=O)OC(C(=O)Nc1ccc([N+](=O)[O-])cc1Br)c1ccccc1. The van der Waals surface area contributed by atoms with E-state index in [2.05, 4.69) is 26.2 Å². The molecule has 1 unspecified atom stereocenters. The van der Waals surface area contributed by atoms with Crippen molar-refractivity contribution in [3.8, 4) is 0 Å². The van der Waals surface area contributed by atoms with Crippen molar-refractivity contribution in [1.82, 2.24) is 4.98 Å². The van der Waals surface area contributed by atoms with Gasteiger partial charge >= 0.3 is 5.97 Å². The van der Waals surface area contributed by atoms with E-state index in [1.165, 1.54) is 30.0 Å². The number of ether oxygens (including phenoxy) is 1. The number of hydrogen-bond acceptors (Lipinski definition) is 7. The summed E-state index contributed by atoms with van der Waals surface area (Å²) >= 11 is 4.51. The topological polar surface area (TPSA) is 111 Å². The third-order valence-electron chi connectivity index (χ3n) is 4.17. The molecule has 0 aliphatic rings. The Morgan fingerprint density at radius 1 is 1.16 bits per heavy atom. The fraction of sp³-hybridized carbons (Fsp3) is 0.0952. The zero-order chi connectivity index (χ0) is 22.4. The number of thioether (sulfide) groups is 1. The molecule has 158 valence electrons. The van der Waals surface area contributed by atoms with Crippen molar-refractivity contribution >= 4 is 50.9 Å². The molecule has 0 fully saturated rings. The summed E-state index contributed by atoms with van der Waals surface area (Å²) in [7, 11) is 0. The summed E-state index contributed by atoms with van der Waals surface area (Å²) in [6.45, 7) is 0. The summed E-state index contributed by atoms with van der Waals surface area (Å²) in [5.41, 5.74) is 0.900. The molecule has 3 rings (SSSR count). The van der Waals surface area contributed by atoms with Gasteiger partial charge in [0.15, 0.2) is 0 Å². The summed E-state index contributed by atoms with van der Waals surface area (Å²) in [5, 5.41) is 14.1. The van der Waals surface area contributed by atoms with Gasteiger partial charge < -0.3 is 10.1 Å². The monoisotopic (exact) mass is 501 g/mol. The molecule has 0 spiro atoms. The first-order valence-electron chi connectivity index (χ1n) is 8.90. The molecule has 0 aliphatic heterocycles. The average Bonchev–Trinajstić information content (AvgIpc) is 2.78. The van der Waals surface area contributed by atoms with E-state index in [-0.39, 0.29) is 11.3 Å². The van der Waals surface area contributed by atoms with Gasteiger partial charge in [0, 0.05) is 28.4 Å². The highest BCUT2D eigenvalue weighted by Crippen LogP contribution is 2.29. The average molecular weight is 502 g/mol. The van der Waals surface area contributed by atoms with Crippen LogP contribution in [0.1, 0.15) is 22.0 Å². The van der Waals surface area contributed by atoms with E-state index >= 15 is 0 Å². The predicted octanol–water partition coefficient (Wildman–Crippen LogP) is 5.01. The quantitative estimate of drug-likeness (QED) is 0.209. The Kier molecular flexibility index (Phi) is 7.37. The minimum Gasteiger partial charge on any atom is -0.444 e. The fourth-order valence-electron chi connectivity index (χ4n) is 2.70. The van der Waals surface area contributed by atoms with Crippen LogP contribution in [-0.2, 0) is 9.53 Å². The summed E-state index contributed by atoms with van der Waals surface area (Å²) in [4.78, 5) is 40.4. The number of nitro benzene ring substituents is 1. The van der Waals surface area contributed by atoms with Crippen LogP contribution in [0.15, 0.2) is 76.4 Å². The number of carbonyl (C=O) groups is 2. The van der Waals surface area contributed by atoms with E-state index in [9.17, 15) is 19.7 Å². The van der Waals surface area contributed by atoms with Crippen molar-refractivity contribution in [2.75, 3.05) is 11.6 Å². The molecule has 0 bridgehead atoms. The second kappa shape index (κ2) is 10.2. The molecule has 2 aromatic carbocycles. The van der Waals surface area contributed by atoms with Gasteiger partial charge in [-0.15, -0.1) is 11.8 Å². The Morgan fingerprint density at radius 2 is 1.90 bits per heavy atom. The maximum Gasteiger partial charge on any atom is 0.342 e. The van der Waals surface area contributed by atoms with Crippen LogP contribution in [0, 0.1) is 10.1 Å². The molecule has 1 N–H and O–H groups in total. The number of benzene rings is 2. The zero-order valence-corrected chi connectivity index (χ0v) is 18.6.